The number of aliphatic hydroxyl groups excluding tert-OH is 2. The smallest absolute Gasteiger partial charge is 0.306 e. The van der Waals surface area contributed by atoms with Gasteiger partial charge in [0.15, 0.2) is 0 Å². The molecule has 0 spiro atoms. The molecule has 0 aliphatic rings. The first kappa shape index (κ1) is 58.6. The monoisotopic (exact) mass is 854 g/mol. The van der Waals surface area contributed by atoms with Crippen LogP contribution in [0.5, 0.6) is 0 Å². The van der Waals surface area contributed by atoms with Crippen LogP contribution in [0, 0.1) is 0 Å². The molecular weight excluding hydrogens is 755 g/mol. The predicted octanol–water partition coefficient (Wildman–Crippen LogP) is 15.6. The zero-order valence-electron chi connectivity index (χ0n) is 40.3. The molecule has 0 bridgehead atoms. The van der Waals surface area contributed by atoms with Crippen LogP contribution in [0.25, 0.3) is 0 Å². The molecule has 3 N–H and O–H groups in total. The third-order valence-electron chi connectivity index (χ3n) is 11.7. The summed E-state index contributed by atoms with van der Waals surface area (Å²) in [5.74, 6) is -0.530. The van der Waals surface area contributed by atoms with Crippen LogP contribution in [-0.2, 0) is 14.3 Å². The maximum absolute atomic E-state index is 13.2. The number of hydrogen-bond donors (Lipinski definition) is 3. The number of carbonyl (C=O) groups is 2. The van der Waals surface area contributed by atoms with Crippen LogP contribution >= 0.6 is 0 Å². The maximum atomic E-state index is 13.2. The first-order valence-electron chi connectivity index (χ1n) is 26.1. The van der Waals surface area contributed by atoms with Crippen molar-refractivity contribution in [3.63, 3.8) is 0 Å². The fraction of sp³-hybridized carbons (Fsp3) is 0.782. The number of unbranched alkanes of at least 4 members (excludes halogenated alkanes) is 27. The summed E-state index contributed by atoms with van der Waals surface area (Å²) in [7, 11) is 0. The van der Waals surface area contributed by atoms with Gasteiger partial charge in [-0.25, -0.2) is 0 Å². The molecule has 61 heavy (non-hydrogen) atoms. The second-order valence-electron chi connectivity index (χ2n) is 17.6. The average Bonchev–Trinajstić information content (AvgIpc) is 3.25. The number of amides is 1. The largest absolute Gasteiger partial charge is 0.462 e. The van der Waals surface area contributed by atoms with Gasteiger partial charge in [0.25, 0.3) is 0 Å². The Labute approximate surface area is 378 Å². The molecular formula is C55H99NO5. The number of aliphatic hydroxyl groups is 2. The van der Waals surface area contributed by atoms with Gasteiger partial charge in [-0.05, 0) is 70.6 Å². The fourth-order valence-corrected chi connectivity index (χ4v) is 7.73. The average molecular weight is 854 g/mol. The topological polar surface area (TPSA) is 95.9 Å². The van der Waals surface area contributed by atoms with Crippen molar-refractivity contribution in [3.05, 3.63) is 60.8 Å². The predicted molar refractivity (Wildman–Crippen MR) is 264 cm³/mol. The minimum atomic E-state index is -0.802. The van der Waals surface area contributed by atoms with E-state index in [1.54, 1.807) is 0 Å². The Morgan fingerprint density at radius 3 is 1.41 bits per heavy atom. The van der Waals surface area contributed by atoms with Crippen LogP contribution in [0.2, 0.25) is 0 Å². The van der Waals surface area contributed by atoms with E-state index < -0.39 is 18.2 Å². The number of carbonyl (C=O) groups excluding carboxylic acids is 2. The molecule has 0 radical (unpaired) electrons. The molecule has 0 saturated carbocycles. The molecule has 1 amide bonds. The molecule has 0 aromatic carbocycles. The standard InChI is InChI=1S/C55H99NO5/c1-4-7-10-13-16-19-22-25-27-29-32-35-38-41-44-47-53(58)52(50-57)56-54(59)49-51(46-43-40-37-34-31-28-24-21-18-15-12-9-6-3)61-55(60)48-45-42-39-36-33-30-26-23-20-17-14-11-8-5-2/h9,12,15,18,21,24,28,30-31,33,51-53,57-58H,4-8,10-11,13-14,16-17,19-20,22-23,25-27,29,32,34-50H2,1-3H3,(H,56,59)/b12-9+,18-15+,24-21+,31-28-,33-30-. The minimum absolute atomic E-state index is 0.0448. The van der Waals surface area contributed by atoms with Crippen molar-refractivity contribution in [1.29, 1.82) is 0 Å². The Balaban J connectivity index is 4.62. The minimum Gasteiger partial charge on any atom is -0.462 e. The molecule has 0 saturated heterocycles. The van der Waals surface area contributed by atoms with Crippen LogP contribution in [0.15, 0.2) is 60.8 Å². The highest BCUT2D eigenvalue weighted by atomic mass is 16.5. The molecule has 6 heteroatoms. The zero-order chi connectivity index (χ0) is 44.5. The van der Waals surface area contributed by atoms with Crippen molar-refractivity contribution in [2.45, 2.75) is 270 Å². The summed E-state index contributed by atoms with van der Waals surface area (Å²) in [6, 6.07) is -0.718. The summed E-state index contributed by atoms with van der Waals surface area (Å²) in [5.41, 5.74) is 0. The van der Waals surface area contributed by atoms with Gasteiger partial charge >= 0.3 is 5.97 Å². The summed E-state index contributed by atoms with van der Waals surface area (Å²) < 4.78 is 5.90. The van der Waals surface area contributed by atoms with Gasteiger partial charge in [0, 0.05) is 6.42 Å². The summed E-state index contributed by atoms with van der Waals surface area (Å²) in [4.78, 5) is 26.1. The van der Waals surface area contributed by atoms with Crippen LogP contribution in [0.4, 0.5) is 0 Å². The van der Waals surface area contributed by atoms with Gasteiger partial charge in [0.2, 0.25) is 5.91 Å². The molecule has 0 rings (SSSR count). The molecule has 0 aliphatic carbocycles. The Bertz CT molecular complexity index is 1090. The van der Waals surface area contributed by atoms with Crippen LogP contribution in [-0.4, -0.2) is 46.9 Å². The van der Waals surface area contributed by atoms with Gasteiger partial charge in [-0.2, -0.15) is 0 Å². The summed E-state index contributed by atoms with van der Waals surface area (Å²) >= 11 is 0. The van der Waals surface area contributed by atoms with E-state index in [0.717, 1.165) is 83.5 Å². The van der Waals surface area contributed by atoms with E-state index in [1.165, 1.54) is 122 Å². The Morgan fingerprint density at radius 1 is 0.492 bits per heavy atom. The summed E-state index contributed by atoms with van der Waals surface area (Å²) in [6.07, 6.45) is 60.0. The van der Waals surface area contributed by atoms with E-state index in [-0.39, 0.29) is 24.9 Å². The van der Waals surface area contributed by atoms with Crippen LogP contribution in [0.3, 0.4) is 0 Å². The number of hydrogen-bond acceptors (Lipinski definition) is 5. The van der Waals surface area contributed by atoms with Crippen molar-refractivity contribution < 1.29 is 24.5 Å². The van der Waals surface area contributed by atoms with E-state index >= 15 is 0 Å². The molecule has 3 atom stereocenters. The van der Waals surface area contributed by atoms with Gasteiger partial charge in [0.05, 0.1) is 25.2 Å². The van der Waals surface area contributed by atoms with E-state index in [0.29, 0.717) is 19.3 Å². The van der Waals surface area contributed by atoms with Gasteiger partial charge < -0.3 is 20.3 Å². The molecule has 354 valence electrons. The lowest BCUT2D eigenvalue weighted by Gasteiger charge is -2.24. The van der Waals surface area contributed by atoms with Crippen LogP contribution < -0.4 is 5.32 Å². The van der Waals surface area contributed by atoms with E-state index in [9.17, 15) is 19.8 Å². The lowest BCUT2D eigenvalue weighted by atomic mass is 10.0. The van der Waals surface area contributed by atoms with Gasteiger partial charge in [0.1, 0.15) is 6.10 Å². The fourth-order valence-electron chi connectivity index (χ4n) is 7.73. The molecule has 0 aliphatic heterocycles. The van der Waals surface area contributed by atoms with E-state index in [1.807, 2.05) is 24.3 Å². The number of nitrogens with one attached hydrogen (secondary N) is 1. The van der Waals surface area contributed by atoms with Gasteiger partial charge in [-0.3, -0.25) is 9.59 Å². The SMILES string of the molecule is CC/C=C/C=C/C=C/C=C\CCCCCC(CC(=O)NC(CO)C(O)CCCCCCCCCCCCCCCCC)OC(=O)CCCCC/C=C\CCCCCCCCC. The van der Waals surface area contributed by atoms with E-state index in [4.69, 9.17) is 4.74 Å². The first-order valence-corrected chi connectivity index (χ1v) is 26.1. The highest BCUT2D eigenvalue weighted by molar-refractivity contribution is 5.77. The second-order valence-corrected chi connectivity index (χ2v) is 17.6. The maximum Gasteiger partial charge on any atom is 0.306 e. The third kappa shape index (κ3) is 44.0. The Kier molecular flexibility index (Phi) is 46.6. The normalized spacial score (nSPS) is 13.7. The quantitative estimate of drug-likeness (QED) is 0.0245. The third-order valence-corrected chi connectivity index (χ3v) is 11.7. The zero-order valence-corrected chi connectivity index (χ0v) is 40.3. The lowest BCUT2D eigenvalue weighted by Crippen LogP contribution is -2.46. The molecule has 6 nitrogen and oxygen atoms in total. The van der Waals surface area contributed by atoms with Crippen molar-refractivity contribution in [2.24, 2.45) is 0 Å². The van der Waals surface area contributed by atoms with Gasteiger partial charge in [-0.1, -0.05) is 229 Å². The first-order chi connectivity index (χ1) is 30.0. The van der Waals surface area contributed by atoms with Crippen molar-refractivity contribution >= 4 is 11.9 Å². The molecule has 0 aromatic heterocycles. The lowest BCUT2D eigenvalue weighted by molar-refractivity contribution is -0.151. The van der Waals surface area contributed by atoms with Crippen molar-refractivity contribution in [1.82, 2.24) is 5.32 Å². The van der Waals surface area contributed by atoms with Gasteiger partial charge in [-0.15, -0.1) is 0 Å². The molecule has 0 heterocycles. The highest BCUT2D eigenvalue weighted by Gasteiger charge is 2.24. The van der Waals surface area contributed by atoms with Crippen LogP contribution in [0.1, 0.15) is 252 Å². The van der Waals surface area contributed by atoms with E-state index in [2.05, 4.69) is 62.5 Å². The molecule has 0 aromatic rings. The Morgan fingerprint density at radius 2 is 0.902 bits per heavy atom. The number of rotatable bonds is 46. The second kappa shape index (κ2) is 48.6. The molecule has 0 fully saturated rings. The number of allylic oxidation sites excluding steroid dienone is 10. The Hall–Kier alpha value is -2.44. The molecule has 3 unspecified atom stereocenters. The van der Waals surface area contributed by atoms with Crippen molar-refractivity contribution in [2.75, 3.05) is 6.61 Å². The highest BCUT2D eigenvalue weighted by Crippen LogP contribution is 2.17. The van der Waals surface area contributed by atoms with Crippen molar-refractivity contribution in [3.8, 4) is 0 Å². The number of ether oxygens (including phenoxy) is 1. The number of esters is 1. The summed E-state index contributed by atoms with van der Waals surface area (Å²) in [6.45, 7) is 6.33. The summed E-state index contributed by atoms with van der Waals surface area (Å²) in [5, 5.41) is 23.8.